The summed E-state index contributed by atoms with van der Waals surface area (Å²) in [7, 11) is 0. The molecule has 108 valence electrons. The van der Waals surface area contributed by atoms with Crippen LogP contribution in [0.4, 0.5) is 9.52 Å². The van der Waals surface area contributed by atoms with Gasteiger partial charge in [0.1, 0.15) is 5.82 Å². The summed E-state index contributed by atoms with van der Waals surface area (Å²) in [6.07, 6.45) is 0.584. The lowest BCUT2D eigenvalue weighted by molar-refractivity contribution is 0.568. The molecule has 1 heterocycles. The van der Waals surface area contributed by atoms with Gasteiger partial charge < -0.3 is 5.73 Å². The van der Waals surface area contributed by atoms with Gasteiger partial charge in [0.15, 0.2) is 5.13 Å². The van der Waals surface area contributed by atoms with E-state index in [2.05, 4.69) is 41.7 Å². The summed E-state index contributed by atoms with van der Waals surface area (Å²) in [5, 5.41) is 0.947. The van der Waals surface area contributed by atoms with E-state index in [4.69, 9.17) is 17.3 Å². The fourth-order valence-corrected chi connectivity index (χ4v) is 3.99. The Labute approximate surface area is 135 Å². The zero-order chi connectivity index (χ0) is 15.1. The third-order valence-corrected chi connectivity index (χ3v) is 4.80. The highest BCUT2D eigenvalue weighted by Crippen LogP contribution is 2.36. The Bertz CT molecular complexity index is 626. The van der Waals surface area contributed by atoms with E-state index in [1.807, 2.05) is 0 Å². The number of anilines is 1. The fourth-order valence-electron chi connectivity index (χ4n) is 1.98. The van der Waals surface area contributed by atoms with Crippen LogP contribution in [0.25, 0.3) is 0 Å². The van der Waals surface area contributed by atoms with Crippen molar-refractivity contribution in [1.82, 2.24) is 4.98 Å². The Morgan fingerprint density at radius 1 is 1.40 bits per heavy atom. The molecule has 0 aliphatic rings. The van der Waals surface area contributed by atoms with E-state index in [1.54, 1.807) is 0 Å². The van der Waals surface area contributed by atoms with Crippen LogP contribution in [-0.4, -0.2) is 4.98 Å². The Balaban J connectivity index is 2.46. The number of rotatable bonds is 2. The number of aromatic nitrogens is 1. The topological polar surface area (TPSA) is 38.9 Å². The lowest BCUT2D eigenvalue weighted by Gasteiger charge is -2.18. The average molecular weight is 378 g/mol. The zero-order valence-electron chi connectivity index (χ0n) is 11.4. The summed E-state index contributed by atoms with van der Waals surface area (Å²) < 4.78 is 13.9. The minimum absolute atomic E-state index is 0.0948. The van der Waals surface area contributed by atoms with Crippen molar-refractivity contribution in [3.05, 3.63) is 43.6 Å². The van der Waals surface area contributed by atoms with Crippen molar-refractivity contribution in [3.63, 3.8) is 0 Å². The van der Waals surface area contributed by atoms with E-state index in [1.165, 1.54) is 23.5 Å². The van der Waals surface area contributed by atoms with Gasteiger partial charge in [-0.3, -0.25) is 0 Å². The smallest absolute Gasteiger partial charge is 0.180 e. The Kier molecular flexibility index (Phi) is 4.42. The Hall–Kier alpha value is -0.650. The number of nitrogen functional groups attached to an aromatic ring is 1. The van der Waals surface area contributed by atoms with Gasteiger partial charge >= 0.3 is 0 Å². The standard InChI is InChI=1S/C14H15BrClFN2S/c1-14(2,3)12-11(20-13(18)19-12)6-8-9(15)4-7(17)5-10(8)16/h4-5H,6H2,1-3H3,(H2,18,19). The van der Waals surface area contributed by atoms with Gasteiger partial charge in [-0.25, -0.2) is 9.37 Å². The monoisotopic (exact) mass is 376 g/mol. The second-order valence-corrected chi connectivity index (χ2v) is 7.98. The number of thiazole rings is 1. The second kappa shape index (κ2) is 5.62. The maximum Gasteiger partial charge on any atom is 0.180 e. The molecule has 2 aromatic rings. The van der Waals surface area contributed by atoms with Crippen LogP contribution >= 0.6 is 38.9 Å². The van der Waals surface area contributed by atoms with Gasteiger partial charge in [-0.1, -0.05) is 48.3 Å². The molecule has 20 heavy (non-hydrogen) atoms. The second-order valence-electron chi connectivity index (χ2n) is 5.60. The molecule has 0 fully saturated rings. The van der Waals surface area contributed by atoms with E-state index < -0.39 is 0 Å². The van der Waals surface area contributed by atoms with Crippen molar-refractivity contribution in [2.45, 2.75) is 32.6 Å². The van der Waals surface area contributed by atoms with Crippen molar-refractivity contribution in [2.75, 3.05) is 5.73 Å². The van der Waals surface area contributed by atoms with Gasteiger partial charge in [0.25, 0.3) is 0 Å². The SMILES string of the molecule is CC(C)(C)c1nc(N)sc1Cc1c(Cl)cc(F)cc1Br. The lowest BCUT2D eigenvalue weighted by Crippen LogP contribution is -2.14. The van der Waals surface area contributed by atoms with Gasteiger partial charge in [0, 0.05) is 26.2 Å². The van der Waals surface area contributed by atoms with Crippen molar-refractivity contribution in [3.8, 4) is 0 Å². The summed E-state index contributed by atoms with van der Waals surface area (Å²) >= 11 is 11.0. The van der Waals surface area contributed by atoms with Crippen molar-refractivity contribution in [2.24, 2.45) is 0 Å². The fraction of sp³-hybridized carbons (Fsp3) is 0.357. The summed E-state index contributed by atoms with van der Waals surface area (Å²) in [5.74, 6) is -0.356. The molecule has 0 saturated carbocycles. The van der Waals surface area contributed by atoms with Gasteiger partial charge in [-0.05, 0) is 17.7 Å². The highest BCUT2D eigenvalue weighted by atomic mass is 79.9. The Morgan fingerprint density at radius 3 is 2.60 bits per heavy atom. The van der Waals surface area contributed by atoms with Gasteiger partial charge in [-0.2, -0.15) is 0 Å². The number of hydrogen-bond donors (Lipinski definition) is 1. The van der Waals surface area contributed by atoms with E-state index in [-0.39, 0.29) is 11.2 Å². The van der Waals surface area contributed by atoms with E-state index in [0.29, 0.717) is 21.0 Å². The summed E-state index contributed by atoms with van der Waals surface area (Å²) in [4.78, 5) is 5.48. The molecule has 6 heteroatoms. The van der Waals surface area contributed by atoms with E-state index in [0.717, 1.165) is 16.1 Å². The predicted molar refractivity (Wildman–Crippen MR) is 87.1 cm³/mol. The van der Waals surface area contributed by atoms with Crippen LogP contribution in [0.3, 0.4) is 0 Å². The molecule has 0 unspecified atom stereocenters. The van der Waals surface area contributed by atoms with Crippen LogP contribution in [0.2, 0.25) is 5.02 Å². The van der Waals surface area contributed by atoms with Crippen LogP contribution < -0.4 is 5.73 Å². The first-order chi connectivity index (χ1) is 9.18. The molecular formula is C14H15BrClFN2S. The van der Waals surface area contributed by atoms with Crippen LogP contribution in [0.5, 0.6) is 0 Å². The average Bonchev–Trinajstić information content (AvgIpc) is 2.64. The third kappa shape index (κ3) is 3.32. The van der Waals surface area contributed by atoms with Crippen molar-refractivity contribution >= 4 is 44.0 Å². The Morgan fingerprint density at radius 2 is 2.05 bits per heavy atom. The number of benzene rings is 1. The van der Waals surface area contributed by atoms with Crippen molar-refractivity contribution in [1.29, 1.82) is 0 Å². The largest absolute Gasteiger partial charge is 0.375 e. The molecule has 0 aliphatic carbocycles. The van der Waals surface area contributed by atoms with E-state index >= 15 is 0 Å². The van der Waals surface area contributed by atoms with Crippen LogP contribution in [0.1, 0.15) is 36.9 Å². The minimum Gasteiger partial charge on any atom is -0.375 e. The first kappa shape index (κ1) is 15.7. The molecule has 1 aromatic carbocycles. The summed E-state index contributed by atoms with van der Waals surface area (Å²) in [6, 6.07) is 2.74. The van der Waals surface area contributed by atoms with Crippen molar-refractivity contribution < 1.29 is 4.39 Å². The van der Waals surface area contributed by atoms with Crippen LogP contribution in [0, 0.1) is 5.82 Å². The molecule has 0 atom stereocenters. The number of nitrogens with zero attached hydrogens (tertiary/aromatic N) is 1. The first-order valence-corrected chi connectivity index (χ1v) is 8.06. The highest BCUT2D eigenvalue weighted by Gasteiger charge is 2.23. The lowest BCUT2D eigenvalue weighted by atomic mass is 9.90. The molecule has 0 saturated heterocycles. The van der Waals surface area contributed by atoms with Gasteiger partial charge in [0.2, 0.25) is 0 Å². The predicted octanol–water partition coefficient (Wildman–Crippen LogP) is 5.17. The summed E-state index contributed by atoms with van der Waals surface area (Å²) in [5.41, 5.74) is 7.55. The molecule has 0 radical (unpaired) electrons. The highest BCUT2D eigenvalue weighted by molar-refractivity contribution is 9.10. The maximum absolute atomic E-state index is 13.3. The molecule has 1 aromatic heterocycles. The first-order valence-electron chi connectivity index (χ1n) is 6.07. The van der Waals surface area contributed by atoms with Gasteiger partial charge in [0.05, 0.1) is 5.69 Å². The molecule has 0 spiro atoms. The van der Waals surface area contributed by atoms with Gasteiger partial charge in [-0.15, -0.1) is 11.3 Å². The quantitative estimate of drug-likeness (QED) is 0.784. The molecule has 2 nitrogen and oxygen atoms in total. The number of halogens is 3. The molecule has 0 bridgehead atoms. The molecular weight excluding hydrogens is 363 g/mol. The number of nitrogens with two attached hydrogens (primary N) is 1. The number of hydrogen-bond acceptors (Lipinski definition) is 3. The molecule has 0 amide bonds. The van der Waals surface area contributed by atoms with E-state index in [9.17, 15) is 4.39 Å². The molecule has 2 N–H and O–H groups in total. The van der Waals surface area contributed by atoms with Crippen LogP contribution in [-0.2, 0) is 11.8 Å². The molecule has 0 aliphatic heterocycles. The zero-order valence-corrected chi connectivity index (χ0v) is 14.6. The molecule has 2 rings (SSSR count). The minimum atomic E-state index is -0.356. The third-order valence-electron chi connectivity index (χ3n) is 2.87. The maximum atomic E-state index is 13.3. The normalized spacial score (nSPS) is 11.9. The summed E-state index contributed by atoms with van der Waals surface area (Å²) in [6.45, 7) is 6.27. The van der Waals surface area contributed by atoms with Crippen LogP contribution in [0.15, 0.2) is 16.6 Å².